The van der Waals surface area contributed by atoms with Gasteiger partial charge in [-0.2, -0.15) is 14.7 Å². The number of hydrogen-bond acceptors (Lipinski definition) is 5. The van der Waals surface area contributed by atoms with Crippen molar-refractivity contribution in [2.45, 2.75) is 44.7 Å². The van der Waals surface area contributed by atoms with Gasteiger partial charge in [0.2, 0.25) is 11.6 Å². The molecule has 2 rings (SSSR count). The number of fused-ring (bicyclic) bond motifs is 2. The van der Waals surface area contributed by atoms with E-state index in [1.807, 2.05) is 6.92 Å². The highest BCUT2D eigenvalue weighted by Gasteiger charge is 2.57. The van der Waals surface area contributed by atoms with Crippen molar-refractivity contribution in [3.05, 3.63) is 0 Å². The van der Waals surface area contributed by atoms with Crippen LogP contribution in [0, 0.1) is 11.8 Å². The first-order valence-corrected chi connectivity index (χ1v) is 5.70. The van der Waals surface area contributed by atoms with Crippen LogP contribution in [-0.2, 0) is 24.3 Å². The summed E-state index contributed by atoms with van der Waals surface area (Å²) in [6.07, 6.45) is 2.82. The van der Waals surface area contributed by atoms with Crippen molar-refractivity contribution in [2.75, 3.05) is 14.2 Å². The van der Waals surface area contributed by atoms with Crippen LogP contribution in [0.5, 0.6) is 0 Å². The van der Waals surface area contributed by atoms with E-state index in [0.29, 0.717) is 5.92 Å². The maximum Gasteiger partial charge on any atom is 0.234 e. The van der Waals surface area contributed by atoms with E-state index < -0.39 is 11.6 Å². The molecule has 2 bridgehead atoms. The average Bonchev–Trinajstić information content (AvgIpc) is 2.28. The zero-order valence-electron chi connectivity index (χ0n) is 10.3. The molecule has 1 saturated heterocycles. The molecule has 4 atom stereocenters. The number of hydrogen-bond donors (Lipinski definition) is 0. The largest absolute Gasteiger partial charge is 0.350 e. The van der Waals surface area contributed by atoms with Crippen molar-refractivity contribution < 1.29 is 24.3 Å². The Bertz CT molecular complexity index is 259. The van der Waals surface area contributed by atoms with Gasteiger partial charge in [-0.05, 0) is 19.8 Å². The normalized spacial score (nSPS) is 48.0. The van der Waals surface area contributed by atoms with Crippen molar-refractivity contribution >= 4 is 0 Å². The zero-order chi connectivity index (χ0) is 11.8. The molecule has 94 valence electrons. The third-order valence-corrected chi connectivity index (χ3v) is 3.91. The van der Waals surface area contributed by atoms with Crippen LogP contribution in [0.3, 0.4) is 0 Å². The van der Waals surface area contributed by atoms with Crippen molar-refractivity contribution in [3.63, 3.8) is 0 Å². The van der Waals surface area contributed by atoms with Crippen LogP contribution in [0.1, 0.15) is 33.1 Å². The average molecular weight is 232 g/mol. The van der Waals surface area contributed by atoms with Gasteiger partial charge >= 0.3 is 0 Å². The van der Waals surface area contributed by atoms with E-state index in [4.69, 9.17) is 24.3 Å². The summed E-state index contributed by atoms with van der Waals surface area (Å²) in [4.78, 5) is 20.7. The fraction of sp³-hybridized carbons (Fsp3) is 1.00. The first-order chi connectivity index (χ1) is 7.56. The molecule has 16 heavy (non-hydrogen) atoms. The van der Waals surface area contributed by atoms with Crippen LogP contribution in [-0.4, -0.2) is 25.8 Å². The van der Waals surface area contributed by atoms with E-state index in [1.165, 1.54) is 7.11 Å². The molecule has 0 aromatic carbocycles. The predicted octanol–water partition coefficient (Wildman–Crippen LogP) is 2.02. The molecule has 1 heterocycles. The lowest BCUT2D eigenvalue weighted by Crippen LogP contribution is -2.58. The molecule has 0 unspecified atom stereocenters. The lowest BCUT2D eigenvalue weighted by atomic mass is 9.74. The van der Waals surface area contributed by atoms with Crippen molar-refractivity contribution in [1.29, 1.82) is 0 Å². The highest BCUT2D eigenvalue weighted by atomic mass is 17.3. The molecular formula is C11H20O5. The fourth-order valence-corrected chi connectivity index (χ4v) is 2.67. The monoisotopic (exact) mass is 232 g/mol. The topological polar surface area (TPSA) is 46.2 Å². The summed E-state index contributed by atoms with van der Waals surface area (Å²) in [7, 11) is 3.13. The Labute approximate surface area is 95.8 Å². The maximum absolute atomic E-state index is 5.49. The minimum absolute atomic E-state index is 0.220. The van der Waals surface area contributed by atoms with Gasteiger partial charge in [0.15, 0.2) is 0 Å². The van der Waals surface area contributed by atoms with Crippen LogP contribution in [0.2, 0.25) is 0 Å². The molecule has 2 fully saturated rings. The van der Waals surface area contributed by atoms with E-state index >= 15 is 0 Å². The molecule has 0 amide bonds. The highest BCUT2D eigenvalue weighted by Crippen LogP contribution is 2.50. The van der Waals surface area contributed by atoms with Crippen molar-refractivity contribution in [3.8, 4) is 0 Å². The molecule has 5 nitrogen and oxygen atoms in total. The Hall–Kier alpha value is -0.200. The maximum atomic E-state index is 5.49. The number of ether oxygens (including phenoxy) is 1. The second-order valence-corrected chi connectivity index (χ2v) is 4.83. The highest BCUT2D eigenvalue weighted by molar-refractivity contribution is 4.92. The molecule has 1 saturated carbocycles. The Morgan fingerprint density at radius 2 is 1.94 bits per heavy atom. The summed E-state index contributed by atoms with van der Waals surface area (Å²) >= 11 is 0. The first-order valence-electron chi connectivity index (χ1n) is 5.70. The van der Waals surface area contributed by atoms with Crippen molar-refractivity contribution in [2.24, 2.45) is 11.8 Å². The van der Waals surface area contributed by atoms with Gasteiger partial charge in [-0.25, -0.2) is 4.89 Å². The molecule has 5 heteroatoms. The molecule has 0 aromatic heterocycles. The van der Waals surface area contributed by atoms with Gasteiger partial charge in [0.05, 0.1) is 7.11 Å². The Morgan fingerprint density at radius 1 is 1.19 bits per heavy atom. The van der Waals surface area contributed by atoms with E-state index in [9.17, 15) is 0 Å². The standard InChI is InChI=1S/C11H20O5/c1-8-5-6-9-7-11(8,12-3)16-15-10(9,2)14-13-4/h8-9H,5-7H2,1-4H3/t8-,9-,10-,11-/m1/s1. The summed E-state index contributed by atoms with van der Waals surface area (Å²) in [6, 6.07) is 0. The molecule has 0 N–H and O–H groups in total. The Kier molecular flexibility index (Phi) is 3.25. The van der Waals surface area contributed by atoms with E-state index in [-0.39, 0.29) is 5.92 Å². The first kappa shape index (κ1) is 12.3. The van der Waals surface area contributed by atoms with Gasteiger partial charge in [0.25, 0.3) is 0 Å². The van der Waals surface area contributed by atoms with Gasteiger partial charge in [-0.15, -0.1) is 0 Å². The van der Waals surface area contributed by atoms with Gasteiger partial charge in [-0.1, -0.05) is 6.92 Å². The summed E-state index contributed by atoms with van der Waals surface area (Å²) in [5.41, 5.74) is 0. The minimum atomic E-state index is -0.836. The second kappa shape index (κ2) is 4.23. The third-order valence-electron chi connectivity index (χ3n) is 3.91. The SMILES string of the molecule is COO[C@]1(C)OO[C@]2(OC)C[C@H]1CC[C@H]2C. The summed E-state index contributed by atoms with van der Waals surface area (Å²) in [6.45, 7) is 3.94. The minimum Gasteiger partial charge on any atom is -0.350 e. The Morgan fingerprint density at radius 3 is 2.56 bits per heavy atom. The molecule has 0 spiro atoms. The summed E-state index contributed by atoms with van der Waals surface area (Å²) in [5, 5.41) is 0. The van der Waals surface area contributed by atoms with Gasteiger partial charge in [0, 0.05) is 25.4 Å². The van der Waals surface area contributed by atoms with Gasteiger partial charge in [0.1, 0.15) is 0 Å². The molecule has 0 aromatic rings. The quantitative estimate of drug-likeness (QED) is 0.550. The second-order valence-electron chi connectivity index (χ2n) is 4.83. The summed E-state index contributed by atoms with van der Waals surface area (Å²) in [5.74, 6) is -0.922. The lowest BCUT2D eigenvalue weighted by molar-refractivity contribution is -0.590. The number of rotatable bonds is 3. The van der Waals surface area contributed by atoms with Gasteiger partial charge < -0.3 is 4.74 Å². The fourth-order valence-electron chi connectivity index (χ4n) is 2.67. The smallest absolute Gasteiger partial charge is 0.234 e. The molecule has 1 aliphatic heterocycles. The Balaban J connectivity index is 2.15. The lowest BCUT2D eigenvalue weighted by Gasteiger charge is -2.51. The van der Waals surface area contributed by atoms with Gasteiger partial charge in [-0.3, -0.25) is 0 Å². The van der Waals surface area contributed by atoms with Crippen LogP contribution in [0.25, 0.3) is 0 Å². The van der Waals surface area contributed by atoms with Crippen molar-refractivity contribution in [1.82, 2.24) is 0 Å². The molecule has 0 radical (unpaired) electrons. The van der Waals surface area contributed by atoms with E-state index in [0.717, 1.165) is 19.3 Å². The van der Waals surface area contributed by atoms with Crippen LogP contribution in [0.4, 0.5) is 0 Å². The summed E-state index contributed by atoms with van der Waals surface area (Å²) < 4.78 is 5.49. The van der Waals surface area contributed by atoms with Crippen LogP contribution in [0.15, 0.2) is 0 Å². The molecular weight excluding hydrogens is 212 g/mol. The van der Waals surface area contributed by atoms with E-state index in [1.54, 1.807) is 7.11 Å². The van der Waals surface area contributed by atoms with Crippen LogP contribution < -0.4 is 0 Å². The zero-order valence-corrected chi connectivity index (χ0v) is 10.3. The predicted molar refractivity (Wildman–Crippen MR) is 54.9 cm³/mol. The molecule has 2 aliphatic rings. The van der Waals surface area contributed by atoms with Crippen LogP contribution >= 0.6 is 0 Å². The third kappa shape index (κ3) is 1.76. The van der Waals surface area contributed by atoms with E-state index in [2.05, 4.69) is 6.92 Å². The number of methoxy groups -OCH3 is 1. The molecule has 1 aliphatic carbocycles.